The zero-order chi connectivity index (χ0) is 14.5. The first-order chi connectivity index (χ1) is 9.37. The molecular weight excluding hydrogens is 248 g/mol. The highest BCUT2D eigenvalue weighted by atomic mass is 16.1. The van der Waals surface area contributed by atoms with Gasteiger partial charge in [0.05, 0.1) is 0 Å². The van der Waals surface area contributed by atoms with Crippen molar-refractivity contribution < 1.29 is 4.79 Å². The van der Waals surface area contributed by atoms with E-state index in [0.717, 1.165) is 25.1 Å². The molecule has 0 spiro atoms. The second-order valence-electron chi connectivity index (χ2n) is 7.62. The molecule has 0 amide bonds. The van der Waals surface area contributed by atoms with Crippen molar-refractivity contribution >= 4 is 5.78 Å². The van der Waals surface area contributed by atoms with Gasteiger partial charge in [0.15, 0.2) is 5.78 Å². The molecule has 1 aliphatic heterocycles. The van der Waals surface area contributed by atoms with Crippen LogP contribution in [0.15, 0.2) is 12.3 Å². The van der Waals surface area contributed by atoms with Crippen LogP contribution in [0, 0.1) is 11.3 Å². The molecule has 1 aliphatic carbocycles. The van der Waals surface area contributed by atoms with Crippen molar-refractivity contribution in [3.63, 3.8) is 0 Å². The maximum absolute atomic E-state index is 12.3. The average Bonchev–Trinajstić information content (AvgIpc) is 2.71. The van der Waals surface area contributed by atoms with E-state index in [4.69, 9.17) is 0 Å². The first kappa shape index (κ1) is 13.9. The molecule has 2 atom stereocenters. The third-order valence-corrected chi connectivity index (χ3v) is 5.03. The predicted octanol–water partition coefficient (Wildman–Crippen LogP) is 3.16. The van der Waals surface area contributed by atoms with Gasteiger partial charge in [-0.15, -0.1) is 0 Å². The summed E-state index contributed by atoms with van der Waals surface area (Å²) < 4.78 is 2.42. The van der Waals surface area contributed by atoms with E-state index in [0.29, 0.717) is 24.2 Å². The van der Waals surface area contributed by atoms with Gasteiger partial charge in [0.25, 0.3) is 0 Å². The van der Waals surface area contributed by atoms with Gasteiger partial charge >= 0.3 is 0 Å². The number of Topliss-reactive ketones (excluding diaryl/α,β-unsaturated/α-hetero) is 1. The molecule has 0 saturated carbocycles. The van der Waals surface area contributed by atoms with Gasteiger partial charge in [-0.05, 0) is 43.8 Å². The van der Waals surface area contributed by atoms with Crippen molar-refractivity contribution in [3.05, 3.63) is 23.5 Å². The highest BCUT2D eigenvalue weighted by Crippen LogP contribution is 2.38. The minimum absolute atomic E-state index is 0.106. The Hall–Kier alpha value is -1.09. The minimum atomic E-state index is 0.106. The predicted molar refractivity (Wildman–Crippen MR) is 81.2 cm³/mol. The maximum atomic E-state index is 12.3. The number of aromatic nitrogens is 1. The molecular formula is C17H26N2O. The topological polar surface area (TPSA) is 25.2 Å². The number of hydrogen-bond donors (Lipinski definition) is 0. The lowest BCUT2D eigenvalue weighted by Gasteiger charge is -2.38. The third kappa shape index (κ3) is 2.32. The van der Waals surface area contributed by atoms with Gasteiger partial charge in [0, 0.05) is 36.5 Å². The molecule has 3 rings (SSSR count). The van der Waals surface area contributed by atoms with E-state index < -0.39 is 0 Å². The lowest BCUT2D eigenvalue weighted by molar-refractivity contribution is 0.0905. The van der Waals surface area contributed by atoms with Crippen molar-refractivity contribution in [1.82, 2.24) is 9.47 Å². The summed E-state index contributed by atoms with van der Waals surface area (Å²) in [5, 5.41) is 0. The Morgan fingerprint density at radius 2 is 2.05 bits per heavy atom. The number of fused-ring (bicyclic) bond motifs is 1. The molecule has 3 nitrogen and oxygen atoms in total. The van der Waals surface area contributed by atoms with E-state index in [2.05, 4.69) is 49.5 Å². The van der Waals surface area contributed by atoms with Crippen molar-refractivity contribution in [2.24, 2.45) is 11.3 Å². The number of piperidine rings is 1. The molecule has 3 heteroatoms. The maximum Gasteiger partial charge on any atom is 0.165 e. The fourth-order valence-electron chi connectivity index (χ4n) is 4.03. The summed E-state index contributed by atoms with van der Waals surface area (Å²) in [6.45, 7) is 9.06. The Labute approximate surface area is 122 Å². The summed E-state index contributed by atoms with van der Waals surface area (Å²) in [5.41, 5.74) is 2.37. The number of ketones is 1. The molecule has 1 saturated heterocycles. The first-order valence-electron chi connectivity index (χ1n) is 7.79. The summed E-state index contributed by atoms with van der Waals surface area (Å²) in [7, 11) is 2.20. The first-order valence-corrected chi connectivity index (χ1v) is 7.79. The summed E-state index contributed by atoms with van der Waals surface area (Å²) in [6, 6.07) is 2.61. The van der Waals surface area contributed by atoms with Crippen molar-refractivity contribution in [3.8, 4) is 0 Å². The van der Waals surface area contributed by atoms with Crippen molar-refractivity contribution in [2.75, 3.05) is 20.1 Å². The Kier molecular flexibility index (Phi) is 3.28. The van der Waals surface area contributed by atoms with Crippen molar-refractivity contribution in [1.29, 1.82) is 0 Å². The van der Waals surface area contributed by atoms with Crippen molar-refractivity contribution in [2.45, 2.75) is 46.1 Å². The van der Waals surface area contributed by atoms with Crippen LogP contribution in [-0.2, 0) is 6.42 Å². The largest absolute Gasteiger partial charge is 0.347 e. The number of carbonyl (C=O) groups is 1. The Balaban J connectivity index is 1.95. The fraction of sp³-hybridized carbons (Fsp3) is 0.706. The minimum Gasteiger partial charge on any atom is -0.347 e. The molecule has 0 aromatic carbocycles. The number of likely N-dealkylation sites (tertiary alicyclic amines) is 1. The number of carbonyl (C=O) groups excluding carboxylic acids is 1. The smallest absolute Gasteiger partial charge is 0.165 e. The normalized spacial score (nSPS) is 30.3. The molecule has 1 aromatic heterocycles. The van der Waals surface area contributed by atoms with Crippen LogP contribution in [0.1, 0.15) is 55.7 Å². The lowest BCUT2D eigenvalue weighted by atomic mass is 9.76. The number of nitrogens with zero attached hydrogens (tertiary/aromatic N) is 2. The molecule has 2 unspecified atom stereocenters. The molecule has 110 valence electrons. The average molecular weight is 274 g/mol. The quantitative estimate of drug-likeness (QED) is 0.786. The standard InChI is InChI=1S/C17H26N2O/c1-12-11-18(4)7-6-14(12)19-8-5-13-15(19)9-17(2,3)10-16(13)20/h5,8,12,14H,6-7,9-11H2,1-4H3. The van der Waals surface area contributed by atoms with Gasteiger partial charge in [-0.25, -0.2) is 0 Å². The highest BCUT2D eigenvalue weighted by molar-refractivity contribution is 5.98. The lowest BCUT2D eigenvalue weighted by Crippen LogP contribution is -2.39. The summed E-state index contributed by atoms with van der Waals surface area (Å²) in [4.78, 5) is 14.7. The van der Waals surface area contributed by atoms with Crippen LogP contribution in [-0.4, -0.2) is 35.4 Å². The van der Waals surface area contributed by atoms with Crippen LogP contribution in [0.4, 0.5) is 0 Å². The van der Waals surface area contributed by atoms with Gasteiger partial charge in [-0.3, -0.25) is 4.79 Å². The van der Waals surface area contributed by atoms with Crippen LogP contribution in [0.3, 0.4) is 0 Å². The SMILES string of the molecule is CC1CN(C)CCC1n1ccc2c1CC(C)(C)CC2=O. The van der Waals surface area contributed by atoms with E-state index in [1.165, 1.54) is 12.1 Å². The van der Waals surface area contributed by atoms with Crippen LogP contribution >= 0.6 is 0 Å². The monoisotopic (exact) mass is 274 g/mol. The zero-order valence-electron chi connectivity index (χ0n) is 13.1. The molecule has 1 fully saturated rings. The van der Waals surface area contributed by atoms with E-state index in [1.807, 2.05) is 0 Å². The molecule has 1 aromatic rings. The second kappa shape index (κ2) is 4.73. The summed E-state index contributed by atoms with van der Waals surface area (Å²) in [5.74, 6) is 0.973. The van der Waals surface area contributed by atoms with E-state index in [-0.39, 0.29) is 5.41 Å². The highest BCUT2D eigenvalue weighted by Gasteiger charge is 2.35. The van der Waals surface area contributed by atoms with E-state index in [1.54, 1.807) is 0 Å². The van der Waals surface area contributed by atoms with Crippen LogP contribution in [0.5, 0.6) is 0 Å². The molecule has 2 heterocycles. The van der Waals surface area contributed by atoms with Crippen LogP contribution in [0.25, 0.3) is 0 Å². The molecule has 2 aliphatic rings. The van der Waals surface area contributed by atoms with Crippen LogP contribution < -0.4 is 0 Å². The molecule has 0 radical (unpaired) electrons. The van der Waals surface area contributed by atoms with Gasteiger partial charge < -0.3 is 9.47 Å². The number of hydrogen-bond acceptors (Lipinski definition) is 2. The van der Waals surface area contributed by atoms with Crippen LogP contribution in [0.2, 0.25) is 0 Å². The van der Waals surface area contributed by atoms with Gasteiger partial charge in [0.1, 0.15) is 0 Å². The molecule has 0 N–H and O–H groups in total. The fourth-order valence-corrected chi connectivity index (χ4v) is 4.03. The third-order valence-electron chi connectivity index (χ3n) is 5.03. The second-order valence-corrected chi connectivity index (χ2v) is 7.62. The van der Waals surface area contributed by atoms with Gasteiger partial charge in [0.2, 0.25) is 0 Å². The molecule has 20 heavy (non-hydrogen) atoms. The van der Waals surface area contributed by atoms with E-state index in [9.17, 15) is 4.79 Å². The number of rotatable bonds is 1. The van der Waals surface area contributed by atoms with E-state index >= 15 is 0 Å². The summed E-state index contributed by atoms with van der Waals surface area (Å²) >= 11 is 0. The van der Waals surface area contributed by atoms with Gasteiger partial charge in [-0.2, -0.15) is 0 Å². The summed E-state index contributed by atoms with van der Waals surface area (Å²) in [6.07, 6.45) is 5.07. The van der Waals surface area contributed by atoms with Gasteiger partial charge in [-0.1, -0.05) is 20.8 Å². The molecule has 0 bridgehead atoms. The Bertz CT molecular complexity index is 529. The Morgan fingerprint density at radius 1 is 1.30 bits per heavy atom. The Morgan fingerprint density at radius 3 is 2.75 bits per heavy atom. The zero-order valence-corrected chi connectivity index (χ0v) is 13.1.